The summed E-state index contributed by atoms with van der Waals surface area (Å²) < 4.78 is 13.5. The maximum Gasteiger partial charge on any atom is 0.180 e. The average molecular weight is 444 g/mol. The quantitative estimate of drug-likeness (QED) is 0.353. The van der Waals surface area contributed by atoms with Crippen molar-refractivity contribution in [3.8, 4) is 17.0 Å². The first-order chi connectivity index (χ1) is 15.8. The predicted octanol–water partition coefficient (Wildman–Crippen LogP) is 5.13. The molecule has 0 aliphatic carbocycles. The molecule has 1 unspecified atom stereocenters. The molecule has 1 saturated heterocycles. The lowest BCUT2D eigenvalue weighted by Crippen LogP contribution is -2.00. The van der Waals surface area contributed by atoms with Crippen molar-refractivity contribution in [2.45, 2.75) is 18.7 Å². The minimum Gasteiger partial charge on any atom is -0.475 e. The highest BCUT2D eigenvalue weighted by atomic mass is 31.1. The lowest BCUT2D eigenvalue weighted by atomic mass is 10.1. The van der Waals surface area contributed by atoms with E-state index in [1.807, 2.05) is 59.4 Å². The fourth-order valence-corrected chi connectivity index (χ4v) is 4.71. The summed E-state index contributed by atoms with van der Waals surface area (Å²) in [6, 6.07) is 14.0. The number of nitrogens with one attached hydrogen (secondary N) is 2. The number of fused-ring (bicyclic) bond motifs is 2. The van der Waals surface area contributed by atoms with E-state index < -0.39 is 0 Å². The predicted molar refractivity (Wildman–Crippen MR) is 126 cm³/mol. The number of rotatable bonds is 6. The van der Waals surface area contributed by atoms with E-state index in [9.17, 15) is 0 Å². The summed E-state index contributed by atoms with van der Waals surface area (Å²) >= 11 is 0. The standard InChI is InChI=1S/C23H21N6O2P/c1-2-21(30-11-1)32-31-18-7-5-17(6-8-18)26-22-23-24-9-10-29(23)14-20(27-22)15-3-4-16-13-25-28-19(16)12-15/h3-10,12-14,21,32H,1-2,11H2,(H,25,28)(H,26,27)/t21-/m1/s1. The Morgan fingerprint density at radius 1 is 1.19 bits per heavy atom. The first kappa shape index (κ1) is 19.2. The fraction of sp³-hybridized carbons (Fsp3) is 0.174. The number of aromatic nitrogens is 5. The van der Waals surface area contributed by atoms with Gasteiger partial charge in [0.2, 0.25) is 0 Å². The van der Waals surface area contributed by atoms with Gasteiger partial charge in [0.1, 0.15) is 20.4 Å². The lowest BCUT2D eigenvalue weighted by molar-refractivity contribution is 0.167. The van der Waals surface area contributed by atoms with E-state index in [2.05, 4.69) is 26.6 Å². The molecular weight excluding hydrogens is 423 g/mol. The normalized spacial score (nSPS) is 16.4. The van der Waals surface area contributed by atoms with Crippen molar-refractivity contribution >= 4 is 36.9 Å². The van der Waals surface area contributed by atoms with Crippen molar-refractivity contribution in [3.05, 3.63) is 67.3 Å². The zero-order valence-electron chi connectivity index (χ0n) is 17.2. The molecule has 0 radical (unpaired) electrons. The summed E-state index contributed by atoms with van der Waals surface area (Å²) in [5.41, 5.74) is 4.49. The van der Waals surface area contributed by atoms with Gasteiger partial charge in [0.15, 0.2) is 11.5 Å². The zero-order valence-corrected chi connectivity index (χ0v) is 18.2. The summed E-state index contributed by atoms with van der Waals surface area (Å²) in [7, 11) is 0.327. The van der Waals surface area contributed by atoms with Gasteiger partial charge in [-0.1, -0.05) is 12.1 Å². The SMILES string of the molecule is c1cn2cc(-c3ccc4cn[nH]c4c3)nc(Nc3ccc(OP[C@@H]4CCCO4)cc3)c2n1. The van der Waals surface area contributed by atoms with Crippen LogP contribution in [-0.4, -0.2) is 37.0 Å². The van der Waals surface area contributed by atoms with Gasteiger partial charge < -0.3 is 19.0 Å². The molecule has 8 nitrogen and oxygen atoms in total. The Labute approximate surface area is 185 Å². The topological polar surface area (TPSA) is 89.4 Å². The van der Waals surface area contributed by atoms with Gasteiger partial charge in [0.05, 0.1) is 17.4 Å². The molecule has 1 aliphatic rings. The molecule has 1 fully saturated rings. The van der Waals surface area contributed by atoms with Gasteiger partial charge in [-0.15, -0.1) is 0 Å². The van der Waals surface area contributed by atoms with Crippen LogP contribution in [0.2, 0.25) is 0 Å². The number of nitrogens with zero attached hydrogens (tertiary/aromatic N) is 4. The monoisotopic (exact) mass is 444 g/mol. The van der Waals surface area contributed by atoms with E-state index in [-0.39, 0.29) is 5.85 Å². The second-order valence-electron chi connectivity index (χ2n) is 7.68. The van der Waals surface area contributed by atoms with E-state index >= 15 is 0 Å². The van der Waals surface area contributed by atoms with Crippen molar-refractivity contribution in [1.29, 1.82) is 0 Å². The van der Waals surface area contributed by atoms with Gasteiger partial charge >= 0.3 is 0 Å². The van der Waals surface area contributed by atoms with Crippen LogP contribution in [-0.2, 0) is 4.74 Å². The highest BCUT2D eigenvalue weighted by Gasteiger charge is 2.16. The second-order valence-corrected chi connectivity index (χ2v) is 8.76. The van der Waals surface area contributed by atoms with Gasteiger partial charge in [-0.05, 0) is 43.2 Å². The highest BCUT2D eigenvalue weighted by molar-refractivity contribution is 7.33. The molecular formula is C23H21N6O2P. The Hall–Kier alpha value is -3.48. The molecule has 0 saturated carbocycles. The van der Waals surface area contributed by atoms with Crippen molar-refractivity contribution in [2.75, 3.05) is 11.9 Å². The first-order valence-corrected chi connectivity index (χ1v) is 11.5. The van der Waals surface area contributed by atoms with Gasteiger partial charge in [0.25, 0.3) is 0 Å². The Bertz CT molecular complexity index is 1370. The summed E-state index contributed by atoms with van der Waals surface area (Å²) in [4.78, 5) is 9.33. The third-order valence-corrected chi connectivity index (χ3v) is 6.54. The Balaban J connectivity index is 1.26. The van der Waals surface area contributed by atoms with Gasteiger partial charge in [-0.2, -0.15) is 5.10 Å². The minimum absolute atomic E-state index is 0.231. The molecule has 3 aromatic heterocycles. The molecule has 0 bridgehead atoms. The Morgan fingerprint density at radius 3 is 3.00 bits per heavy atom. The van der Waals surface area contributed by atoms with Crippen molar-refractivity contribution in [2.24, 2.45) is 0 Å². The average Bonchev–Trinajstić information content (AvgIpc) is 3.59. The maximum atomic E-state index is 5.89. The highest BCUT2D eigenvalue weighted by Crippen LogP contribution is 2.33. The molecule has 2 atom stereocenters. The smallest absolute Gasteiger partial charge is 0.180 e. The first-order valence-electron chi connectivity index (χ1n) is 10.5. The molecule has 32 heavy (non-hydrogen) atoms. The van der Waals surface area contributed by atoms with Crippen LogP contribution in [0.1, 0.15) is 12.8 Å². The van der Waals surface area contributed by atoms with Crippen LogP contribution < -0.4 is 9.84 Å². The number of hydrogen-bond donors (Lipinski definition) is 2. The third kappa shape index (κ3) is 3.79. The number of anilines is 2. The molecule has 1 aliphatic heterocycles. The van der Waals surface area contributed by atoms with Crippen molar-refractivity contribution in [3.63, 3.8) is 0 Å². The molecule has 2 N–H and O–H groups in total. The molecule has 9 heteroatoms. The molecule has 0 spiro atoms. The third-order valence-electron chi connectivity index (χ3n) is 5.47. The molecule has 6 rings (SSSR count). The van der Waals surface area contributed by atoms with Crippen LogP contribution in [0.3, 0.4) is 0 Å². The van der Waals surface area contributed by atoms with E-state index in [0.717, 1.165) is 58.7 Å². The molecule has 0 amide bonds. The summed E-state index contributed by atoms with van der Waals surface area (Å²) in [5.74, 6) is 1.76. The van der Waals surface area contributed by atoms with E-state index in [1.54, 1.807) is 6.20 Å². The van der Waals surface area contributed by atoms with Gasteiger partial charge in [-0.25, -0.2) is 9.97 Å². The molecule has 160 valence electrons. The number of aromatic amines is 1. The summed E-state index contributed by atoms with van der Waals surface area (Å²) in [6.45, 7) is 0.841. The van der Waals surface area contributed by atoms with Crippen LogP contribution in [0.5, 0.6) is 5.75 Å². The minimum atomic E-state index is 0.231. The lowest BCUT2D eigenvalue weighted by Gasteiger charge is -2.12. The molecule has 4 heterocycles. The molecule has 2 aromatic carbocycles. The number of H-pyrrole nitrogens is 1. The summed E-state index contributed by atoms with van der Waals surface area (Å²) in [5, 5.41) is 11.6. The van der Waals surface area contributed by atoms with Crippen LogP contribution in [0.15, 0.2) is 67.3 Å². The van der Waals surface area contributed by atoms with Crippen LogP contribution in [0.25, 0.3) is 27.8 Å². The maximum absolute atomic E-state index is 5.89. The number of ether oxygens (including phenoxy) is 1. The van der Waals surface area contributed by atoms with E-state index in [0.29, 0.717) is 14.6 Å². The van der Waals surface area contributed by atoms with E-state index in [4.69, 9.17) is 14.2 Å². The Kier molecular flexibility index (Phi) is 4.94. The zero-order chi connectivity index (χ0) is 21.3. The van der Waals surface area contributed by atoms with Gasteiger partial charge in [-0.3, -0.25) is 5.10 Å². The van der Waals surface area contributed by atoms with Crippen molar-refractivity contribution < 1.29 is 9.26 Å². The number of imidazole rings is 1. The van der Waals surface area contributed by atoms with Crippen LogP contribution in [0, 0.1) is 0 Å². The Morgan fingerprint density at radius 2 is 2.12 bits per heavy atom. The largest absolute Gasteiger partial charge is 0.475 e. The number of hydrogen-bond acceptors (Lipinski definition) is 6. The second kappa shape index (κ2) is 8.22. The molecule has 5 aromatic rings. The van der Waals surface area contributed by atoms with Gasteiger partial charge in [0, 0.05) is 41.8 Å². The number of benzene rings is 2. The van der Waals surface area contributed by atoms with E-state index in [1.165, 1.54) is 0 Å². The summed E-state index contributed by atoms with van der Waals surface area (Å²) in [6.07, 6.45) is 9.68. The van der Waals surface area contributed by atoms with Crippen molar-refractivity contribution in [1.82, 2.24) is 24.6 Å². The fourth-order valence-electron chi connectivity index (χ4n) is 3.80. The van der Waals surface area contributed by atoms with Crippen LogP contribution in [0.4, 0.5) is 11.5 Å². The van der Waals surface area contributed by atoms with Crippen LogP contribution >= 0.6 is 8.81 Å².